The second-order valence-electron chi connectivity index (χ2n) is 6.43. The first-order valence-electron chi connectivity index (χ1n) is 8.73. The topological polar surface area (TPSA) is 91.5 Å². The van der Waals surface area contributed by atoms with Gasteiger partial charge in [0.2, 0.25) is 11.8 Å². The van der Waals surface area contributed by atoms with E-state index in [1.165, 1.54) is 0 Å². The first-order chi connectivity index (χ1) is 12.1. The number of urea groups is 1. The Morgan fingerprint density at radius 1 is 1.32 bits per heavy atom. The molecule has 1 aliphatic rings. The van der Waals surface area contributed by atoms with Crippen molar-refractivity contribution in [2.75, 3.05) is 18.4 Å². The van der Waals surface area contributed by atoms with E-state index in [0.29, 0.717) is 31.3 Å². The summed E-state index contributed by atoms with van der Waals surface area (Å²) in [5.74, 6) is 1.37. The average molecular weight is 344 g/mol. The summed E-state index contributed by atoms with van der Waals surface area (Å²) in [5, 5.41) is 20.5. The Morgan fingerprint density at radius 3 is 2.56 bits per heavy atom. The molecule has 25 heavy (non-hydrogen) atoms. The SMILES string of the molecule is CCc1nnc(-c2ccc(NC(=O)N3CCC(C(C)O)CC3)cc2)o1. The number of amides is 2. The fraction of sp³-hybridized carbons (Fsp3) is 0.500. The van der Waals surface area contributed by atoms with Gasteiger partial charge in [-0.05, 0) is 49.9 Å². The van der Waals surface area contributed by atoms with E-state index in [0.717, 1.165) is 24.1 Å². The lowest BCUT2D eigenvalue weighted by molar-refractivity contribution is 0.0820. The summed E-state index contributed by atoms with van der Waals surface area (Å²) in [7, 11) is 0. The molecule has 1 aromatic heterocycles. The van der Waals surface area contributed by atoms with Crippen LogP contribution in [-0.2, 0) is 6.42 Å². The average Bonchev–Trinajstić information content (AvgIpc) is 3.11. The number of piperidine rings is 1. The number of aryl methyl sites for hydroxylation is 1. The van der Waals surface area contributed by atoms with E-state index >= 15 is 0 Å². The van der Waals surface area contributed by atoms with Crippen LogP contribution in [-0.4, -0.2) is 45.4 Å². The Bertz CT molecular complexity index is 703. The maximum Gasteiger partial charge on any atom is 0.321 e. The molecule has 2 amide bonds. The number of nitrogens with one attached hydrogen (secondary N) is 1. The molecule has 7 nitrogen and oxygen atoms in total. The van der Waals surface area contributed by atoms with Crippen molar-refractivity contribution in [1.29, 1.82) is 0 Å². The van der Waals surface area contributed by atoms with Crippen molar-refractivity contribution in [3.05, 3.63) is 30.2 Å². The van der Waals surface area contributed by atoms with Gasteiger partial charge in [-0.25, -0.2) is 4.79 Å². The third kappa shape index (κ3) is 4.17. The van der Waals surface area contributed by atoms with Crippen molar-refractivity contribution >= 4 is 11.7 Å². The molecule has 2 N–H and O–H groups in total. The zero-order chi connectivity index (χ0) is 17.8. The molecule has 1 unspecified atom stereocenters. The first-order valence-corrected chi connectivity index (χ1v) is 8.73. The van der Waals surface area contributed by atoms with Crippen molar-refractivity contribution in [1.82, 2.24) is 15.1 Å². The summed E-state index contributed by atoms with van der Waals surface area (Å²) in [5.41, 5.74) is 1.55. The largest absolute Gasteiger partial charge is 0.421 e. The molecule has 0 bridgehead atoms. The summed E-state index contributed by atoms with van der Waals surface area (Å²) in [6.45, 7) is 5.11. The van der Waals surface area contributed by atoms with Gasteiger partial charge < -0.3 is 19.7 Å². The second-order valence-corrected chi connectivity index (χ2v) is 6.43. The third-order valence-electron chi connectivity index (χ3n) is 4.66. The smallest absolute Gasteiger partial charge is 0.321 e. The molecule has 1 fully saturated rings. The zero-order valence-corrected chi connectivity index (χ0v) is 14.6. The highest BCUT2D eigenvalue weighted by Gasteiger charge is 2.25. The molecule has 0 spiro atoms. The Labute approximate surface area is 147 Å². The predicted molar refractivity (Wildman–Crippen MR) is 94.1 cm³/mol. The molecule has 1 aliphatic heterocycles. The lowest BCUT2D eigenvalue weighted by Crippen LogP contribution is -2.42. The van der Waals surface area contributed by atoms with E-state index in [1.54, 1.807) is 4.90 Å². The molecular weight excluding hydrogens is 320 g/mol. The third-order valence-corrected chi connectivity index (χ3v) is 4.66. The molecule has 0 saturated carbocycles. The minimum Gasteiger partial charge on any atom is -0.421 e. The van der Waals surface area contributed by atoms with E-state index in [9.17, 15) is 9.90 Å². The lowest BCUT2D eigenvalue weighted by Gasteiger charge is -2.33. The number of likely N-dealkylation sites (tertiary alicyclic amines) is 1. The van der Waals surface area contributed by atoms with Gasteiger partial charge in [0.15, 0.2) is 0 Å². The minimum absolute atomic E-state index is 0.108. The number of nitrogens with zero attached hydrogens (tertiary/aromatic N) is 3. The van der Waals surface area contributed by atoms with Gasteiger partial charge >= 0.3 is 6.03 Å². The molecule has 1 aromatic carbocycles. The summed E-state index contributed by atoms with van der Waals surface area (Å²) in [6, 6.07) is 7.24. The quantitative estimate of drug-likeness (QED) is 0.890. The number of rotatable bonds is 4. The molecule has 2 heterocycles. The maximum absolute atomic E-state index is 12.4. The van der Waals surface area contributed by atoms with Crippen LogP contribution in [0.1, 0.15) is 32.6 Å². The highest BCUT2D eigenvalue weighted by Crippen LogP contribution is 2.23. The van der Waals surface area contributed by atoms with Gasteiger partial charge in [-0.15, -0.1) is 10.2 Å². The van der Waals surface area contributed by atoms with Gasteiger partial charge in [0.05, 0.1) is 6.10 Å². The number of aliphatic hydroxyl groups is 1. The molecule has 1 atom stereocenters. The number of hydrogen-bond acceptors (Lipinski definition) is 5. The highest BCUT2D eigenvalue weighted by atomic mass is 16.4. The van der Waals surface area contributed by atoms with Gasteiger partial charge in [0, 0.05) is 30.8 Å². The number of benzene rings is 1. The Hall–Kier alpha value is -2.41. The van der Waals surface area contributed by atoms with Gasteiger partial charge in [0.25, 0.3) is 0 Å². The van der Waals surface area contributed by atoms with Crippen molar-refractivity contribution < 1.29 is 14.3 Å². The van der Waals surface area contributed by atoms with E-state index in [1.807, 2.05) is 38.1 Å². The number of carbonyl (C=O) groups excluding carboxylic acids is 1. The van der Waals surface area contributed by atoms with Crippen molar-refractivity contribution in [2.24, 2.45) is 5.92 Å². The molecule has 1 saturated heterocycles. The molecule has 134 valence electrons. The Kier molecular flexibility index (Phi) is 5.33. The fourth-order valence-electron chi connectivity index (χ4n) is 3.00. The van der Waals surface area contributed by atoms with Crippen LogP contribution < -0.4 is 5.32 Å². The van der Waals surface area contributed by atoms with Gasteiger partial charge in [-0.2, -0.15) is 0 Å². The molecule has 0 radical (unpaired) electrons. The van der Waals surface area contributed by atoms with Crippen LogP contribution in [0.4, 0.5) is 10.5 Å². The van der Waals surface area contributed by atoms with Crippen LogP contribution in [0.15, 0.2) is 28.7 Å². The van der Waals surface area contributed by atoms with E-state index in [-0.39, 0.29) is 18.1 Å². The number of anilines is 1. The van der Waals surface area contributed by atoms with Crippen LogP contribution in [0.25, 0.3) is 11.5 Å². The van der Waals surface area contributed by atoms with E-state index in [2.05, 4.69) is 15.5 Å². The summed E-state index contributed by atoms with van der Waals surface area (Å²) < 4.78 is 5.53. The number of aliphatic hydroxyl groups excluding tert-OH is 1. The molecule has 0 aliphatic carbocycles. The monoisotopic (exact) mass is 344 g/mol. The minimum atomic E-state index is -0.310. The van der Waals surface area contributed by atoms with Gasteiger partial charge in [-0.1, -0.05) is 6.92 Å². The van der Waals surface area contributed by atoms with Crippen molar-refractivity contribution in [3.63, 3.8) is 0 Å². The van der Waals surface area contributed by atoms with Crippen LogP contribution >= 0.6 is 0 Å². The molecule has 3 rings (SSSR count). The predicted octanol–water partition coefficient (Wildman–Crippen LogP) is 2.92. The lowest BCUT2D eigenvalue weighted by atomic mass is 9.92. The highest BCUT2D eigenvalue weighted by molar-refractivity contribution is 5.89. The van der Waals surface area contributed by atoms with Crippen LogP contribution in [0.5, 0.6) is 0 Å². The molecular formula is C18H24N4O3. The normalized spacial score (nSPS) is 16.7. The van der Waals surface area contributed by atoms with Crippen LogP contribution in [0.2, 0.25) is 0 Å². The summed E-state index contributed by atoms with van der Waals surface area (Å²) in [6.07, 6.45) is 2.06. The van der Waals surface area contributed by atoms with Crippen LogP contribution in [0.3, 0.4) is 0 Å². The van der Waals surface area contributed by atoms with E-state index in [4.69, 9.17) is 4.42 Å². The summed E-state index contributed by atoms with van der Waals surface area (Å²) in [4.78, 5) is 14.1. The second kappa shape index (κ2) is 7.65. The van der Waals surface area contributed by atoms with Gasteiger partial charge in [0.1, 0.15) is 0 Å². The van der Waals surface area contributed by atoms with Gasteiger partial charge in [-0.3, -0.25) is 0 Å². The standard InChI is InChI=1S/C18H24N4O3/c1-3-16-20-21-17(25-16)14-4-6-15(7-5-14)19-18(24)22-10-8-13(9-11-22)12(2)23/h4-7,12-13,23H,3,8-11H2,1-2H3,(H,19,24). The molecule has 2 aromatic rings. The Balaban J connectivity index is 1.57. The van der Waals surface area contributed by atoms with Crippen molar-refractivity contribution in [3.8, 4) is 11.5 Å². The summed E-state index contributed by atoms with van der Waals surface area (Å²) >= 11 is 0. The molecule has 7 heteroatoms. The number of carbonyl (C=O) groups is 1. The number of hydrogen-bond donors (Lipinski definition) is 2. The van der Waals surface area contributed by atoms with Crippen molar-refractivity contribution in [2.45, 2.75) is 39.2 Å². The zero-order valence-electron chi connectivity index (χ0n) is 14.6. The fourth-order valence-corrected chi connectivity index (χ4v) is 3.00. The Morgan fingerprint density at radius 2 is 2.00 bits per heavy atom. The maximum atomic E-state index is 12.4. The first kappa shape index (κ1) is 17.4. The number of aromatic nitrogens is 2. The van der Waals surface area contributed by atoms with Crippen LogP contribution in [0, 0.1) is 5.92 Å². The van der Waals surface area contributed by atoms with E-state index < -0.39 is 0 Å².